The van der Waals surface area contributed by atoms with Gasteiger partial charge in [0.05, 0.1) is 11.3 Å². The van der Waals surface area contributed by atoms with Crippen molar-refractivity contribution in [3.8, 4) is 0 Å². The van der Waals surface area contributed by atoms with Crippen molar-refractivity contribution in [3.05, 3.63) is 29.6 Å². The van der Waals surface area contributed by atoms with Gasteiger partial charge in [-0.15, -0.1) is 0 Å². The van der Waals surface area contributed by atoms with Crippen LogP contribution < -0.4 is 0 Å². The monoisotopic (exact) mass is 275 g/mol. The maximum Gasteiger partial charge on any atom is 0.304 e. The predicted molar refractivity (Wildman–Crippen MR) is 63.2 cm³/mol. The summed E-state index contributed by atoms with van der Waals surface area (Å²) in [5.41, 5.74) is 0.486. The lowest BCUT2D eigenvalue weighted by Crippen LogP contribution is -2.29. The molecule has 0 saturated heterocycles. The van der Waals surface area contributed by atoms with Crippen LogP contribution in [-0.4, -0.2) is 37.4 Å². The standard InChI is InChI=1S/C11H14FNO4S/c1-8-5-9(12)7-10(6-8)18(16,17)13(2)4-3-11(14)15/h5-7H,3-4H2,1-2H3,(H,14,15). The van der Waals surface area contributed by atoms with Gasteiger partial charge in [-0.1, -0.05) is 0 Å². The molecule has 0 fully saturated rings. The van der Waals surface area contributed by atoms with Gasteiger partial charge in [-0.3, -0.25) is 4.79 Å². The number of halogens is 1. The minimum atomic E-state index is -3.85. The average molecular weight is 275 g/mol. The van der Waals surface area contributed by atoms with Crippen molar-refractivity contribution < 1.29 is 22.7 Å². The van der Waals surface area contributed by atoms with Crippen molar-refractivity contribution in [2.24, 2.45) is 0 Å². The summed E-state index contributed by atoms with van der Waals surface area (Å²) in [6, 6.07) is 3.48. The lowest BCUT2D eigenvalue weighted by molar-refractivity contribution is -0.137. The van der Waals surface area contributed by atoms with Crippen LogP contribution in [0.2, 0.25) is 0 Å². The maximum absolute atomic E-state index is 13.2. The van der Waals surface area contributed by atoms with Crippen LogP contribution in [0.15, 0.2) is 23.1 Å². The largest absolute Gasteiger partial charge is 0.481 e. The Morgan fingerprint density at radius 3 is 2.50 bits per heavy atom. The molecule has 0 heterocycles. The zero-order chi connectivity index (χ0) is 13.9. The van der Waals surface area contributed by atoms with E-state index in [0.717, 1.165) is 10.4 Å². The van der Waals surface area contributed by atoms with Crippen molar-refractivity contribution in [2.75, 3.05) is 13.6 Å². The van der Waals surface area contributed by atoms with Crippen LogP contribution in [0.25, 0.3) is 0 Å². The molecule has 0 bridgehead atoms. The molecule has 0 unspecified atom stereocenters. The molecule has 5 nitrogen and oxygen atoms in total. The molecule has 1 N–H and O–H groups in total. The van der Waals surface area contributed by atoms with E-state index in [1.165, 1.54) is 19.2 Å². The summed E-state index contributed by atoms with van der Waals surface area (Å²) < 4.78 is 38.1. The van der Waals surface area contributed by atoms with Crippen LogP contribution in [0.4, 0.5) is 4.39 Å². The van der Waals surface area contributed by atoms with Crippen LogP contribution in [0, 0.1) is 12.7 Å². The first-order valence-electron chi connectivity index (χ1n) is 5.19. The fourth-order valence-corrected chi connectivity index (χ4v) is 2.69. The molecule has 7 heteroatoms. The number of hydrogen-bond acceptors (Lipinski definition) is 3. The molecular weight excluding hydrogens is 261 g/mol. The molecule has 100 valence electrons. The first kappa shape index (κ1) is 14.6. The van der Waals surface area contributed by atoms with Gasteiger partial charge in [0.25, 0.3) is 0 Å². The molecule has 0 saturated carbocycles. The van der Waals surface area contributed by atoms with Crippen molar-refractivity contribution in [1.29, 1.82) is 0 Å². The first-order chi connectivity index (χ1) is 8.23. The molecular formula is C11H14FNO4S. The minimum Gasteiger partial charge on any atom is -0.481 e. The van der Waals surface area contributed by atoms with E-state index in [-0.39, 0.29) is 17.9 Å². The van der Waals surface area contributed by atoms with Gasteiger partial charge in [0, 0.05) is 13.6 Å². The van der Waals surface area contributed by atoms with Gasteiger partial charge in [0.2, 0.25) is 10.0 Å². The molecule has 0 radical (unpaired) electrons. The molecule has 1 aromatic carbocycles. The Morgan fingerprint density at radius 1 is 1.39 bits per heavy atom. The summed E-state index contributed by atoms with van der Waals surface area (Å²) in [7, 11) is -2.59. The number of sulfonamides is 1. The molecule has 18 heavy (non-hydrogen) atoms. The van der Waals surface area contributed by atoms with Gasteiger partial charge >= 0.3 is 5.97 Å². The second-order valence-corrected chi connectivity index (χ2v) is 5.98. The normalized spacial score (nSPS) is 11.8. The Morgan fingerprint density at radius 2 is 2.00 bits per heavy atom. The number of nitrogens with zero attached hydrogens (tertiary/aromatic N) is 1. The van der Waals surface area contributed by atoms with Crippen molar-refractivity contribution in [3.63, 3.8) is 0 Å². The van der Waals surface area contributed by atoms with Gasteiger partial charge in [0.15, 0.2) is 0 Å². The van der Waals surface area contributed by atoms with Crippen molar-refractivity contribution in [1.82, 2.24) is 4.31 Å². The average Bonchev–Trinajstić information content (AvgIpc) is 2.24. The lowest BCUT2D eigenvalue weighted by atomic mass is 10.2. The summed E-state index contributed by atoms with van der Waals surface area (Å²) >= 11 is 0. The van der Waals surface area contributed by atoms with Gasteiger partial charge < -0.3 is 5.11 Å². The Bertz CT molecular complexity index is 536. The third-order valence-corrected chi connectivity index (χ3v) is 4.20. The Balaban J connectivity index is 3.01. The predicted octanol–water partition coefficient (Wildman–Crippen LogP) is 1.23. The SMILES string of the molecule is Cc1cc(F)cc(S(=O)(=O)N(C)CCC(=O)O)c1. The van der Waals surface area contributed by atoms with Gasteiger partial charge in [0.1, 0.15) is 5.82 Å². The fourth-order valence-electron chi connectivity index (χ4n) is 1.40. The number of aryl methyl sites for hydroxylation is 1. The molecule has 0 amide bonds. The number of benzene rings is 1. The third-order valence-electron chi connectivity index (χ3n) is 2.36. The Kier molecular flexibility index (Phi) is 4.42. The van der Waals surface area contributed by atoms with Crippen molar-refractivity contribution >= 4 is 16.0 Å². The summed E-state index contributed by atoms with van der Waals surface area (Å²) in [4.78, 5) is 10.2. The van der Waals surface area contributed by atoms with Gasteiger partial charge in [-0.2, -0.15) is 0 Å². The van der Waals surface area contributed by atoms with E-state index in [1.807, 2.05) is 0 Å². The van der Waals surface area contributed by atoms with Crippen LogP contribution in [0.3, 0.4) is 0 Å². The number of rotatable bonds is 5. The third kappa shape index (κ3) is 3.51. The lowest BCUT2D eigenvalue weighted by Gasteiger charge is -2.16. The Hall–Kier alpha value is -1.47. The summed E-state index contributed by atoms with van der Waals surface area (Å²) in [5, 5.41) is 8.51. The van der Waals surface area contributed by atoms with Gasteiger partial charge in [-0.25, -0.2) is 17.1 Å². The summed E-state index contributed by atoms with van der Waals surface area (Å²) in [6.07, 6.45) is -0.302. The van der Waals surface area contributed by atoms with Crippen LogP contribution in [-0.2, 0) is 14.8 Å². The zero-order valence-electron chi connectivity index (χ0n) is 10.1. The number of carboxylic acid groups (broad SMARTS) is 1. The van der Waals surface area contributed by atoms with E-state index >= 15 is 0 Å². The van der Waals surface area contributed by atoms with Gasteiger partial charge in [-0.05, 0) is 30.7 Å². The molecule has 0 aliphatic rings. The van der Waals surface area contributed by atoms with E-state index < -0.39 is 21.8 Å². The minimum absolute atomic E-state index is 0.159. The highest BCUT2D eigenvalue weighted by atomic mass is 32.2. The number of carboxylic acids is 1. The van der Waals surface area contributed by atoms with E-state index in [0.29, 0.717) is 5.56 Å². The highest BCUT2D eigenvalue weighted by Gasteiger charge is 2.22. The zero-order valence-corrected chi connectivity index (χ0v) is 10.9. The molecule has 1 aromatic rings. The van der Waals surface area contributed by atoms with Crippen molar-refractivity contribution in [2.45, 2.75) is 18.2 Å². The topological polar surface area (TPSA) is 74.7 Å². The maximum atomic E-state index is 13.2. The summed E-state index contributed by atoms with van der Waals surface area (Å²) in [6.45, 7) is 1.42. The highest BCUT2D eigenvalue weighted by Crippen LogP contribution is 2.17. The molecule has 0 aromatic heterocycles. The second kappa shape index (κ2) is 5.45. The molecule has 1 rings (SSSR count). The Labute approximate surface area is 105 Å². The smallest absolute Gasteiger partial charge is 0.304 e. The highest BCUT2D eigenvalue weighted by molar-refractivity contribution is 7.89. The molecule has 0 spiro atoms. The molecule has 0 aliphatic carbocycles. The number of aliphatic carboxylic acids is 1. The molecule has 0 aliphatic heterocycles. The fraction of sp³-hybridized carbons (Fsp3) is 0.364. The van der Waals surface area contributed by atoms with E-state index in [1.54, 1.807) is 6.92 Å². The summed E-state index contributed by atoms with van der Waals surface area (Å²) in [5.74, 6) is -1.73. The first-order valence-corrected chi connectivity index (χ1v) is 6.63. The van der Waals surface area contributed by atoms with E-state index in [9.17, 15) is 17.6 Å². The number of hydrogen-bond donors (Lipinski definition) is 1. The molecule has 0 atom stereocenters. The number of carbonyl (C=O) groups is 1. The quantitative estimate of drug-likeness (QED) is 0.877. The van der Waals surface area contributed by atoms with Crippen LogP contribution in [0.5, 0.6) is 0 Å². The second-order valence-electron chi connectivity index (χ2n) is 3.93. The van der Waals surface area contributed by atoms with E-state index in [2.05, 4.69) is 0 Å². The van der Waals surface area contributed by atoms with Crippen LogP contribution >= 0.6 is 0 Å². The van der Waals surface area contributed by atoms with Crippen LogP contribution in [0.1, 0.15) is 12.0 Å². The van der Waals surface area contributed by atoms with E-state index in [4.69, 9.17) is 5.11 Å².